The predicted molar refractivity (Wildman–Crippen MR) is 82.2 cm³/mol. The zero-order valence-electron chi connectivity index (χ0n) is 12.1. The van der Waals surface area contributed by atoms with E-state index in [4.69, 9.17) is 9.47 Å². The van der Waals surface area contributed by atoms with Crippen molar-refractivity contribution in [2.45, 2.75) is 44.6 Å². The summed E-state index contributed by atoms with van der Waals surface area (Å²) in [6.07, 6.45) is 4.60. The summed E-state index contributed by atoms with van der Waals surface area (Å²) in [6, 6.07) is 4.94. The van der Waals surface area contributed by atoms with Gasteiger partial charge in [0.15, 0.2) is 0 Å². The monoisotopic (exact) mass is 293 g/mol. The Labute approximate surface area is 125 Å². The summed E-state index contributed by atoms with van der Waals surface area (Å²) in [5, 5.41) is 0. The number of hydrogen-bond donors (Lipinski definition) is 0. The number of hydrogen-bond acceptors (Lipinski definition) is 4. The molecule has 1 aromatic heterocycles. The maximum atomic E-state index is 5.99. The normalized spacial score (nSPS) is 30.4. The number of ether oxygens (including phenoxy) is 2. The van der Waals surface area contributed by atoms with E-state index in [9.17, 15) is 0 Å². The average molecular weight is 293 g/mol. The maximum Gasteiger partial charge on any atom is 0.0995 e. The van der Waals surface area contributed by atoms with E-state index < -0.39 is 0 Å². The largest absolute Gasteiger partial charge is 0.374 e. The Morgan fingerprint density at radius 1 is 1.50 bits per heavy atom. The van der Waals surface area contributed by atoms with Crippen molar-refractivity contribution >= 4 is 11.3 Å². The molecule has 2 bridgehead atoms. The molecule has 1 aliphatic heterocycles. The summed E-state index contributed by atoms with van der Waals surface area (Å²) < 4.78 is 12.0. The van der Waals surface area contributed by atoms with Crippen molar-refractivity contribution in [3.63, 3.8) is 0 Å². The third kappa shape index (κ3) is 2.98. The Morgan fingerprint density at radius 3 is 3.15 bits per heavy atom. The molecule has 1 aliphatic carbocycles. The minimum Gasteiger partial charge on any atom is -0.374 e. The molecule has 1 aromatic rings. The molecule has 3 unspecified atom stereocenters. The van der Waals surface area contributed by atoms with Gasteiger partial charge >= 0.3 is 0 Å². The number of aryl methyl sites for hydroxylation is 1. The summed E-state index contributed by atoms with van der Waals surface area (Å²) >= 11 is 1.89. The van der Waals surface area contributed by atoms with Crippen LogP contribution in [-0.2, 0) is 16.0 Å². The summed E-state index contributed by atoms with van der Waals surface area (Å²) in [7, 11) is 0. The van der Waals surface area contributed by atoms with Crippen molar-refractivity contribution in [2.75, 3.05) is 19.8 Å². The van der Waals surface area contributed by atoms with Gasteiger partial charge < -0.3 is 9.47 Å². The van der Waals surface area contributed by atoms with Gasteiger partial charge in [0.1, 0.15) is 0 Å². The van der Waals surface area contributed by atoms with Gasteiger partial charge in [-0.05, 0) is 31.9 Å². The van der Waals surface area contributed by atoms with E-state index in [0.717, 1.165) is 26.1 Å². The van der Waals surface area contributed by atoms with Crippen LogP contribution in [0, 0.1) is 6.92 Å². The first-order valence-electron chi connectivity index (χ1n) is 7.41. The van der Waals surface area contributed by atoms with E-state index in [0.29, 0.717) is 12.6 Å². The molecule has 3 rings (SSSR count). The minimum absolute atomic E-state index is 0.205. The molecule has 20 heavy (non-hydrogen) atoms. The Morgan fingerprint density at radius 2 is 2.40 bits per heavy atom. The molecule has 2 aliphatic rings. The molecule has 3 nitrogen and oxygen atoms in total. The van der Waals surface area contributed by atoms with Crippen LogP contribution in [0.4, 0.5) is 0 Å². The smallest absolute Gasteiger partial charge is 0.0995 e. The van der Waals surface area contributed by atoms with Gasteiger partial charge in [0.25, 0.3) is 0 Å². The third-order valence-corrected chi connectivity index (χ3v) is 5.22. The molecule has 1 saturated carbocycles. The van der Waals surface area contributed by atoms with Crippen LogP contribution in [-0.4, -0.2) is 42.9 Å². The first-order valence-corrected chi connectivity index (χ1v) is 8.23. The molecular formula is C16H23NO2S. The van der Waals surface area contributed by atoms with Crippen LogP contribution in [0.3, 0.4) is 0 Å². The summed E-state index contributed by atoms with van der Waals surface area (Å²) in [5.74, 6) is 0. The van der Waals surface area contributed by atoms with Gasteiger partial charge in [-0.2, -0.15) is 0 Å². The molecule has 2 fully saturated rings. The second-order valence-corrected chi connectivity index (χ2v) is 7.00. The van der Waals surface area contributed by atoms with Gasteiger partial charge in [0, 0.05) is 28.9 Å². The van der Waals surface area contributed by atoms with E-state index in [1.54, 1.807) is 0 Å². The van der Waals surface area contributed by atoms with Gasteiger partial charge in [-0.15, -0.1) is 17.9 Å². The van der Waals surface area contributed by atoms with Crippen LogP contribution in [0.1, 0.15) is 22.6 Å². The van der Waals surface area contributed by atoms with Crippen LogP contribution in [0.5, 0.6) is 0 Å². The average Bonchev–Trinajstić information content (AvgIpc) is 2.95. The Hall–Kier alpha value is -0.680. The molecule has 110 valence electrons. The highest BCUT2D eigenvalue weighted by atomic mass is 32.1. The Balaban J connectivity index is 1.71. The second-order valence-electron chi connectivity index (χ2n) is 5.62. The van der Waals surface area contributed by atoms with Crippen LogP contribution in [0.15, 0.2) is 24.8 Å². The fourth-order valence-corrected chi connectivity index (χ4v) is 4.25. The van der Waals surface area contributed by atoms with Gasteiger partial charge in [-0.3, -0.25) is 4.90 Å². The van der Waals surface area contributed by atoms with Crippen molar-refractivity contribution in [3.05, 3.63) is 34.5 Å². The van der Waals surface area contributed by atoms with Crippen LogP contribution >= 0.6 is 11.3 Å². The molecule has 0 amide bonds. The highest BCUT2D eigenvalue weighted by Crippen LogP contribution is 2.33. The lowest BCUT2D eigenvalue weighted by Crippen LogP contribution is -2.42. The lowest BCUT2D eigenvalue weighted by molar-refractivity contribution is -0.0447. The lowest BCUT2D eigenvalue weighted by Gasteiger charge is -2.30. The molecule has 0 aromatic carbocycles. The number of fused-ring (bicyclic) bond motifs is 2. The number of rotatable bonds is 5. The third-order valence-electron chi connectivity index (χ3n) is 4.23. The van der Waals surface area contributed by atoms with E-state index in [-0.39, 0.29) is 12.2 Å². The summed E-state index contributed by atoms with van der Waals surface area (Å²) in [6.45, 7) is 9.38. The minimum atomic E-state index is 0.205. The van der Waals surface area contributed by atoms with E-state index in [1.807, 2.05) is 17.4 Å². The van der Waals surface area contributed by atoms with E-state index in [1.165, 1.54) is 16.2 Å². The number of thiophene rings is 1. The highest BCUT2D eigenvalue weighted by molar-refractivity contribution is 7.11. The van der Waals surface area contributed by atoms with Crippen molar-refractivity contribution in [2.24, 2.45) is 0 Å². The van der Waals surface area contributed by atoms with Crippen LogP contribution < -0.4 is 0 Å². The molecule has 0 radical (unpaired) electrons. The van der Waals surface area contributed by atoms with Crippen LogP contribution in [0.25, 0.3) is 0 Å². The number of nitrogens with zero attached hydrogens (tertiary/aromatic N) is 1. The Bertz CT molecular complexity index is 459. The highest BCUT2D eigenvalue weighted by Gasteiger charge is 2.42. The standard InChI is InChI=1S/C16H23NO2S/c1-3-9-19-16-14-6-7-15(16)18-10-8-17(14)11-13-5-4-12(2)20-13/h3-5,14-16H,1,6-11H2,2H3. The molecule has 2 heterocycles. The zero-order valence-corrected chi connectivity index (χ0v) is 12.9. The van der Waals surface area contributed by atoms with Crippen molar-refractivity contribution in [1.82, 2.24) is 4.90 Å². The topological polar surface area (TPSA) is 21.7 Å². The quantitative estimate of drug-likeness (QED) is 0.779. The van der Waals surface area contributed by atoms with E-state index in [2.05, 4.69) is 30.5 Å². The van der Waals surface area contributed by atoms with Gasteiger partial charge in [0.2, 0.25) is 0 Å². The van der Waals surface area contributed by atoms with E-state index >= 15 is 0 Å². The SMILES string of the molecule is C=CCOC1C2CCC1N(Cc1ccc(C)s1)CCO2. The molecular weight excluding hydrogens is 270 g/mol. The Kier molecular flexibility index (Phi) is 4.56. The molecule has 0 N–H and O–H groups in total. The fourth-order valence-electron chi connectivity index (χ4n) is 3.33. The van der Waals surface area contributed by atoms with Crippen molar-refractivity contribution < 1.29 is 9.47 Å². The molecule has 0 spiro atoms. The zero-order chi connectivity index (χ0) is 13.9. The van der Waals surface area contributed by atoms with Crippen LogP contribution in [0.2, 0.25) is 0 Å². The summed E-state index contributed by atoms with van der Waals surface area (Å²) in [4.78, 5) is 5.37. The van der Waals surface area contributed by atoms with Gasteiger partial charge in [-0.25, -0.2) is 0 Å². The predicted octanol–water partition coefficient (Wildman–Crippen LogP) is 2.99. The second kappa shape index (κ2) is 6.39. The van der Waals surface area contributed by atoms with Crippen molar-refractivity contribution in [3.8, 4) is 0 Å². The van der Waals surface area contributed by atoms with Gasteiger partial charge in [0.05, 0.1) is 25.4 Å². The molecule has 1 saturated heterocycles. The first kappa shape index (κ1) is 14.3. The van der Waals surface area contributed by atoms with Gasteiger partial charge in [-0.1, -0.05) is 6.08 Å². The summed E-state index contributed by atoms with van der Waals surface area (Å²) in [5.41, 5.74) is 0. The first-order chi connectivity index (χ1) is 9.78. The molecule has 4 heteroatoms. The maximum absolute atomic E-state index is 5.99. The fraction of sp³-hybridized carbons (Fsp3) is 0.625. The lowest BCUT2D eigenvalue weighted by atomic mass is 10.1. The molecule has 3 atom stereocenters. The van der Waals surface area contributed by atoms with Crippen molar-refractivity contribution in [1.29, 1.82) is 0 Å².